The van der Waals surface area contributed by atoms with Gasteiger partial charge in [0.25, 0.3) is 0 Å². The van der Waals surface area contributed by atoms with Crippen LogP contribution in [-0.2, 0) is 28.6 Å². The second-order valence-electron chi connectivity index (χ2n) is 18.8. The Kier molecular flexibility index (Phi) is 54.9. The maximum atomic E-state index is 12.9. The highest BCUT2D eigenvalue weighted by Gasteiger charge is 2.19. The second kappa shape index (κ2) is 58.4. The highest BCUT2D eigenvalue weighted by Crippen LogP contribution is 2.14. The van der Waals surface area contributed by atoms with Gasteiger partial charge in [-0.15, -0.1) is 0 Å². The van der Waals surface area contributed by atoms with Gasteiger partial charge in [0.1, 0.15) is 13.2 Å². The molecule has 402 valence electrons. The van der Waals surface area contributed by atoms with E-state index in [1.165, 1.54) is 51.4 Å². The normalized spacial score (nSPS) is 13.0. The minimum atomic E-state index is -0.799. The van der Waals surface area contributed by atoms with Crippen LogP contribution in [0.5, 0.6) is 0 Å². The number of hydrogen-bond acceptors (Lipinski definition) is 6. The molecule has 0 aromatic heterocycles. The largest absolute Gasteiger partial charge is 0.462 e. The van der Waals surface area contributed by atoms with Gasteiger partial charge in [0.15, 0.2) is 6.10 Å². The molecule has 0 heterocycles. The van der Waals surface area contributed by atoms with Crippen LogP contribution in [0.3, 0.4) is 0 Å². The molecule has 0 aromatic rings. The molecule has 6 nitrogen and oxygen atoms in total. The maximum Gasteiger partial charge on any atom is 0.306 e. The summed E-state index contributed by atoms with van der Waals surface area (Å²) in [6, 6.07) is 0. The van der Waals surface area contributed by atoms with Gasteiger partial charge < -0.3 is 14.2 Å². The van der Waals surface area contributed by atoms with Crippen LogP contribution in [0.15, 0.2) is 122 Å². The fourth-order valence-electron chi connectivity index (χ4n) is 7.64. The van der Waals surface area contributed by atoms with Crippen LogP contribution in [0.4, 0.5) is 0 Å². The third-order valence-corrected chi connectivity index (χ3v) is 11.9. The Morgan fingerprint density at radius 1 is 0.296 bits per heavy atom. The molecule has 0 aliphatic heterocycles. The Morgan fingerprint density at radius 3 is 0.859 bits per heavy atom. The van der Waals surface area contributed by atoms with Crippen LogP contribution in [0, 0.1) is 0 Å². The number of allylic oxidation sites excluding steroid dienone is 20. The number of unbranched alkanes of at least 4 members (excludes halogenated alkanes) is 20. The molecule has 1 unspecified atom stereocenters. The molecule has 0 amide bonds. The molecule has 0 radical (unpaired) electrons. The Balaban J connectivity index is 4.43. The average molecular weight is 984 g/mol. The maximum absolute atomic E-state index is 12.9. The molecule has 0 saturated carbocycles. The van der Waals surface area contributed by atoms with Gasteiger partial charge in [-0.25, -0.2) is 0 Å². The van der Waals surface area contributed by atoms with E-state index in [1.54, 1.807) is 0 Å². The van der Waals surface area contributed by atoms with Crippen molar-refractivity contribution in [2.75, 3.05) is 13.2 Å². The van der Waals surface area contributed by atoms with E-state index in [2.05, 4.69) is 142 Å². The molecule has 71 heavy (non-hydrogen) atoms. The van der Waals surface area contributed by atoms with Crippen molar-refractivity contribution in [2.24, 2.45) is 0 Å². The Labute approximate surface area is 437 Å². The predicted molar refractivity (Wildman–Crippen MR) is 306 cm³/mol. The van der Waals surface area contributed by atoms with Crippen molar-refractivity contribution in [3.05, 3.63) is 122 Å². The molecular weight excluding hydrogens is 877 g/mol. The van der Waals surface area contributed by atoms with E-state index in [4.69, 9.17) is 14.2 Å². The van der Waals surface area contributed by atoms with Gasteiger partial charge in [0.2, 0.25) is 0 Å². The van der Waals surface area contributed by atoms with Crippen LogP contribution >= 0.6 is 0 Å². The zero-order valence-corrected chi connectivity index (χ0v) is 45.9. The van der Waals surface area contributed by atoms with E-state index in [0.29, 0.717) is 19.3 Å². The molecule has 1 atom stereocenters. The number of hydrogen-bond donors (Lipinski definition) is 0. The number of rotatable bonds is 51. The van der Waals surface area contributed by atoms with Crippen LogP contribution in [0.25, 0.3) is 0 Å². The van der Waals surface area contributed by atoms with E-state index < -0.39 is 6.10 Å². The highest BCUT2D eigenvalue weighted by molar-refractivity contribution is 5.71. The van der Waals surface area contributed by atoms with Crippen molar-refractivity contribution in [1.82, 2.24) is 0 Å². The van der Waals surface area contributed by atoms with Gasteiger partial charge in [0.05, 0.1) is 0 Å². The summed E-state index contributed by atoms with van der Waals surface area (Å²) >= 11 is 0. The number of ether oxygens (including phenoxy) is 3. The summed E-state index contributed by atoms with van der Waals surface area (Å²) in [5, 5.41) is 0. The minimum absolute atomic E-state index is 0.0957. The van der Waals surface area contributed by atoms with Gasteiger partial charge in [-0.1, -0.05) is 232 Å². The number of carbonyl (C=O) groups excluding carboxylic acids is 3. The Bertz CT molecular complexity index is 1500. The molecule has 0 aliphatic carbocycles. The SMILES string of the molecule is CC/C=C\C/C=C\C/C=C\C/C=C\CCCCCCCCCCC(=O)OCC(COC(=O)CCCCCCC/C=C\C/C=C\CCC)OC(=O)CCCCCCCC/C=C\C/C=C\C/C=C\C/C=C\CC. The molecule has 0 bridgehead atoms. The first kappa shape index (κ1) is 66.8. The lowest BCUT2D eigenvalue weighted by Gasteiger charge is -2.18. The fraction of sp³-hybridized carbons (Fsp3) is 0.646. The van der Waals surface area contributed by atoms with Crippen molar-refractivity contribution in [3.63, 3.8) is 0 Å². The third-order valence-electron chi connectivity index (χ3n) is 11.9. The zero-order valence-electron chi connectivity index (χ0n) is 45.9. The smallest absolute Gasteiger partial charge is 0.306 e. The van der Waals surface area contributed by atoms with E-state index >= 15 is 0 Å². The standard InChI is InChI=1S/C65H106O6/c1-4-7-10-13-16-19-22-25-27-29-31-32-34-35-37-40-43-46-49-52-55-58-64(67)70-61-62(60-69-63(66)57-54-51-48-45-42-39-24-21-18-15-12-9-6-3)71-65(68)59-56-53-50-47-44-41-38-36-33-30-28-26-23-20-17-14-11-8-5-2/h7-8,10-12,15-17,19-21,24-28,31-33,36,62H,4-6,9,13-14,18,22-23,29-30,34-35,37-61H2,1-3H3/b10-7-,11-8-,15-12-,19-16-,20-17-,24-21-,27-25-,28-26-,32-31-,36-33-. The summed E-state index contributed by atoms with van der Waals surface area (Å²) in [7, 11) is 0. The molecule has 0 spiro atoms. The predicted octanol–water partition coefficient (Wildman–Crippen LogP) is 19.6. The summed E-state index contributed by atoms with van der Waals surface area (Å²) in [6.45, 7) is 6.32. The van der Waals surface area contributed by atoms with E-state index in [1.807, 2.05) is 0 Å². The third kappa shape index (κ3) is 56.6. The molecule has 0 rings (SSSR count). The fourth-order valence-corrected chi connectivity index (χ4v) is 7.64. The summed E-state index contributed by atoms with van der Waals surface area (Å²) < 4.78 is 16.9. The summed E-state index contributed by atoms with van der Waals surface area (Å²) in [4.78, 5) is 38.2. The van der Waals surface area contributed by atoms with Crippen LogP contribution in [0.1, 0.15) is 252 Å². The first-order valence-electron chi connectivity index (χ1n) is 29.0. The monoisotopic (exact) mass is 983 g/mol. The molecule has 0 N–H and O–H groups in total. The Hall–Kier alpha value is -4.19. The zero-order chi connectivity index (χ0) is 51.4. The lowest BCUT2D eigenvalue weighted by Crippen LogP contribution is -2.30. The highest BCUT2D eigenvalue weighted by atomic mass is 16.6. The van der Waals surface area contributed by atoms with Crippen molar-refractivity contribution >= 4 is 17.9 Å². The first-order valence-corrected chi connectivity index (χ1v) is 29.0. The lowest BCUT2D eigenvalue weighted by molar-refractivity contribution is -0.167. The van der Waals surface area contributed by atoms with E-state index in [-0.39, 0.29) is 31.1 Å². The van der Waals surface area contributed by atoms with Crippen LogP contribution in [-0.4, -0.2) is 37.2 Å². The summed E-state index contributed by atoms with van der Waals surface area (Å²) in [5.74, 6) is -0.933. The van der Waals surface area contributed by atoms with Crippen molar-refractivity contribution in [2.45, 2.75) is 258 Å². The van der Waals surface area contributed by atoms with Gasteiger partial charge in [-0.2, -0.15) is 0 Å². The summed E-state index contributed by atoms with van der Waals surface area (Å²) in [5.41, 5.74) is 0. The topological polar surface area (TPSA) is 78.9 Å². The summed E-state index contributed by atoms with van der Waals surface area (Å²) in [6.07, 6.45) is 80.4. The van der Waals surface area contributed by atoms with E-state index in [0.717, 1.165) is 161 Å². The molecule has 0 aliphatic rings. The number of carbonyl (C=O) groups is 3. The van der Waals surface area contributed by atoms with Crippen LogP contribution in [0.2, 0.25) is 0 Å². The number of esters is 3. The van der Waals surface area contributed by atoms with Crippen molar-refractivity contribution in [1.29, 1.82) is 0 Å². The average Bonchev–Trinajstić information content (AvgIpc) is 3.37. The Morgan fingerprint density at radius 2 is 0.549 bits per heavy atom. The van der Waals surface area contributed by atoms with Crippen LogP contribution < -0.4 is 0 Å². The van der Waals surface area contributed by atoms with Crippen molar-refractivity contribution in [3.8, 4) is 0 Å². The molecule has 0 saturated heterocycles. The molecular formula is C65H106O6. The first-order chi connectivity index (χ1) is 35.0. The van der Waals surface area contributed by atoms with Gasteiger partial charge in [-0.05, 0) is 122 Å². The second-order valence-corrected chi connectivity index (χ2v) is 18.8. The minimum Gasteiger partial charge on any atom is -0.462 e. The molecule has 6 heteroatoms. The van der Waals surface area contributed by atoms with Crippen molar-refractivity contribution < 1.29 is 28.6 Å². The molecule has 0 fully saturated rings. The van der Waals surface area contributed by atoms with E-state index in [9.17, 15) is 14.4 Å². The quantitative estimate of drug-likeness (QED) is 0.0261. The van der Waals surface area contributed by atoms with Gasteiger partial charge >= 0.3 is 17.9 Å². The van der Waals surface area contributed by atoms with Gasteiger partial charge in [-0.3, -0.25) is 14.4 Å². The van der Waals surface area contributed by atoms with Gasteiger partial charge in [0, 0.05) is 19.3 Å². The lowest BCUT2D eigenvalue weighted by atomic mass is 10.1. The molecule has 0 aromatic carbocycles.